The Morgan fingerprint density at radius 3 is 2.69 bits per heavy atom. The average Bonchev–Trinajstić information content (AvgIpc) is 3.49. The van der Waals surface area contributed by atoms with E-state index in [0.29, 0.717) is 30.1 Å². The van der Waals surface area contributed by atoms with Gasteiger partial charge in [0.2, 0.25) is 0 Å². The molecule has 0 radical (unpaired) electrons. The first-order valence-corrected chi connectivity index (χ1v) is 11.9. The lowest BCUT2D eigenvalue weighted by atomic mass is 9.97. The molecular weight excluding hydrogens is 454 g/mol. The van der Waals surface area contributed by atoms with E-state index in [1.54, 1.807) is 4.90 Å². The highest BCUT2D eigenvalue weighted by atomic mass is 19.1. The van der Waals surface area contributed by atoms with Gasteiger partial charge in [-0.3, -0.25) is 14.8 Å². The van der Waals surface area contributed by atoms with E-state index in [1.807, 2.05) is 11.8 Å². The van der Waals surface area contributed by atoms with Crippen LogP contribution < -0.4 is 5.32 Å². The van der Waals surface area contributed by atoms with Gasteiger partial charge in [0.25, 0.3) is 5.91 Å². The Morgan fingerprint density at radius 1 is 1.20 bits per heavy atom. The number of aromatic nitrogens is 2. The number of piperazine rings is 1. The molecule has 2 saturated heterocycles. The predicted octanol–water partition coefficient (Wildman–Crippen LogP) is 4.38. The number of nitrogens with one attached hydrogen (secondary N) is 2. The lowest BCUT2D eigenvalue weighted by molar-refractivity contribution is 0.0347. The van der Waals surface area contributed by atoms with Crippen LogP contribution in [0.25, 0.3) is 0 Å². The van der Waals surface area contributed by atoms with Crippen LogP contribution in [-0.2, 0) is 6.54 Å². The van der Waals surface area contributed by atoms with E-state index in [9.17, 15) is 18.4 Å². The van der Waals surface area contributed by atoms with Crippen LogP contribution in [0.4, 0.5) is 19.4 Å². The van der Waals surface area contributed by atoms with Gasteiger partial charge < -0.3 is 15.1 Å². The van der Waals surface area contributed by atoms with Gasteiger partial charge >= 0.3 is 6.03 Å². The summed E-state index contributed by atoms with van der Waals surface area (Å²) in [7, 11) is 0. The van der Waals surface area contributed by atoms with E-state index in [2.05, 4.69) is 34.3 Å². The molecule has 0 saturated carbocycles. The van der Waals surface area contributed by atoms with E-state index >= 15 is 0 Å². The summed E-state index contributed by atoms with van der Waals surface area (Å²) < 4.78 is 27.2. The quantitative estimate of drug-likeness (QED) is 0.672. The number of halogens is 2. The first-order chi connectivity index (χ1) is 16.2. The Labute approximate surface area is 204 Å². The second-order valence-electron chi connectivity index (χ2n) is 9.88. The monoisotopic (exact) mass is 488 g/mol. The highest BCUT2D eigenvalue weighted by molar-refractivity contribution is 6.04. The standard InChI is InChI=1S/C24H30F2N6O2.CH4/c1-13(2)20-12-30-8-4-5-16(30)10-32(20)24(34)31-11-18-21(14(31)3)28-29-22(18)27-23(33)17-7-6-15(25)9-19(17)26;/h6-7,9,13-14,16,20H,4-5,8,10-12H2,1-3H3,(H2,27,28,29,33);1H4/t14?,16-,20+;/m0./s1. The molecule has 3 atom stereocenters. The number of fused-ring (bicyclic) bond motifs is 2. The maximum absolute atomic E-state index is 14.0. The number of anilines is 1. The molecule has 2 aromatic rings. The van der Waals surface area contributed by atoms with E-state index < -0.39 is 17.5 Å². The zero-order valence-electron chi connectivity index (χ0n) is 19.6. The van der Waals surface area contributed by atoms with Crippen molar-refractivity contribution in [1.82, 2.24) is 24.9 Å². The zero-order valence-corrected chi connectivity index (χ0v) is 19.6. The van der Waals surface area contributed by atoms with Crippen LogP contribution in [-0.4, -0.2) is 68.6 Å². The summed E-state index contributed by atoms with van der Waals surface area (Å²) >= 11 is 0. The van der Waals surface area contributed by atoms with Gasteiger partial charge in [-0.2, -0.15) is 5.10 Å². The van der Waals surface area contributed by atoms with Crippen LogP contribution in [0.5, 0.6) is 0 Å². The van der Waals surface area contributed by atoms with E-state index in [0.717, 1.165) is 43.9 Å². The Hall–Kier alpha value is -3.01. The molecule has 35 heavy (non-hydrogen) atoms. The summed E-state index contributed by atoms with van der Waals surface area (Å²) in [6.45, 7) is 9.27. The molecule has 1 unspecified atom stereocenters. The van der Waals surface area contributed by atoms with Gasteiger partial charge in [-0.1, -0.05) is 21.3 Å². The molecule has 8 nitrogen and oxygen atoms in total. The van der Waals surface area contributed by atoms with Crippen molar-refractivity contribution >= 4 is 17.8 Å². The fourth-order valence-corrected chi connectivity index (χ4v) is 5.53. The largest absolute Gasteiger partial charge is 0.321 e. The zero-order chi connectivity index (χ0) is 24.1. The molecule has 1 aromatic carbocycles. The van der Waals surface area contributed by atoms with Crippen LogP contribution >= 0.6 is 0 Å². The van der Waals surface area contributed by atoms with Gasteiger partial charge in [0.15, 0.2) is 5.82 Å². The molecular formula is C25H34F2N6O2. The maximum atomic E-state index is 14.0. The van der Waals surface area contributed by atoms with Crippen molar-refractivity contribution in [2.75, 3.05) is 25.0 Å². The lowest BCUT2D eigenvalue weighted by Gasteiger charge is -2.47. The SMILES string of the molecule is C.CC(C)[C@H]1CN2CCC[C@H]2CN1C(=O)N1Cc2c(NC(=O)c3ccc(F)cc3F)n[nH]c2C1C. The van der Waals surface area contributed by atoms with Crippen LogP contribution in [0, 0.1) is 17.6 Å². The highest BCUT2D eigenvalue weighted by Gasteiger charge is 2.44. The fraction of sp³-hybridized carbons (Fsp3) is 0.560. The molecule has 0 aliphatic carbocycles. The van der Waals surface area contributed by atoms with Crippen molar-refractivity contribution in [1.29, 1.82) is 0 Å². The molecule has 3 aliphatic heterocycles. The van der Waals surface area contributed by atoms with Gasteiger partial charge in [-0.15, -0.1) is 0 Å². The molecule has 10 heteroatoms. The molecule has 190 valence electrons. The lowest BCUT2D eigenvalue weighted by Crippen LogP contribution is -2.61. The number of benzene rings is 1. The van der Waals surface area contributed by atoms with E-state index in [1.165, 1.54) is 6.42 Å². The van der Waals surface area contributed by atoms with Crippen molar-refractivity contribution in [3.8, 4) is 0 Å². The Bertz CT molecular complexity index is 1120. The molecule has 1 aromatic heterocycles. The smallest absolute Gasteiger partial charge is 0.319 e. The Morgan fingerprint density at radius 2 is 1.97 bits per heavy atom. The number of H-pyrrole nitrogens is 1. The topological polar surface area (TPSA) is 84.6 Å². The van der Waals surface area contributed by atoms with Crippen molar-refractivity contribution < 1.29 is 18.4 Å². The summed E-state index contributed by atoms with van der Waals surface area (Å²) in [4.78, 5) is 32.7. The van der Waals surface area contributed by atoms with Gasteiger partial charge in [-0.25, -0.2) is 13.6 Å². The Kier molecular flexibility index (Phi) is 6.86. The average molecular weight is 489 g/mol. The molecule has 5 rings (SSSR count). The number of carbonyl (C=O) groups excluding carboxylic acids is 2. The summed E-state index contributed by atoms with van der Waals surface area (Å²) in [5.41, 5.74) is 1.19. The minimum Gasteiger partial charge on any atom is -0.319 e. The summed E-state index contributed by atoms with van der Waals surface area (Å²) in [6, 6.07) is 3.11. The van der Waals surface area contributed by atoms with Crippen LogP contribution in [0.2, 0.25) is 0 Å². The van der Waals surface area contributed by atoms with Gasteiger partial charge in [-0.05, 0) is 44.4 Å². The number of nitrogens with zero attached hydrogens (tertiary/aromatic N) is 4. The molecule has 0 spiro atoms. The number of carbonyl (C=O) groups is 2. The van der Waals surface area contributed by atoms with Gasteiger partial charge in [0, 0.05) is 36.8 Å². The van der Waals surface area contributed by atoms with Crippen molar-refractivity contribution in [3.05, 3.63) is 46.7 Å². The first kappa shape index (κ1) is 25.1. The second kappa shape index (κ2) is 9.56. The number of hydrogen-bond donors (Lipinski definition) is 2. The third-order valence-electron chi connectivity index (χ3n) is 7.51. The molecule has 4 heterocycles. The first-order valence-electron chi connectivity index (χ1n) is 11.9. The third kappa shape index (κ3) is 4.39. The maximum Gasteiger partial charge on any atom is 0.321 e. The van der Waals surface area contributed by atoms with Crippen molar-refractivity contribution in [2.45, 2.75) is 65.7 Å². The van der Waals surface area contributed by atoms with Crippen LogP contribution in [0.1, 0.15) is 68.7 Å². The van der Waals surface area contributed by atoms with Gasteiger partial charge in [0.1, 0.15) is 11.6 Å². The van der Waals surface area contributed by atoms with E-state index in [-0.39, 0.29) is 36.9 Å². The highest BCUT2D eigenvalue weighted by Crippen LogP contribution is 2.38. The van der Waals surface area contributed by atoms with E-state index in [4.69, 9.17) is 0 Å². The number of urea groups is 1. The molecule has 3 aliphatic rings. The van der Waals surface area contributed by atoms with Crippen molar-refractivity contribution in [3.63, 3.8) is 0 Å². The predicted molar refractivity (Wildman–Crippen MR) is 129 cm³/mol. The molecule has 3 amide bonds. The summed E-state index contributed by atoms with van der Waals surface area (Å²) in [5, 5.41) is 9.73. The fourth-order valence-electron chi connectivity index (χ4n) is 5.53. The molecule has 2 fully saturated rings. The Balaban J connectivity index is 0.00000289. The number of amides is 3. The summed E-state index contributed by atoms with van der Waals surface area (Å²) in [5.74, 6) is -1.83. The number of rotatable bonds is 3. The number of hydrogen-bond acceptors (Lipinski definition) is 4. The number of aromatic amines is 1. The molecule has 2 N–H and O–H groups in total. The normalized spacial score (nSPS) is 23.8. The minimum atomic E-state index is -0.944. The van der Waals surface area contributed by atoms with Crippen molar-refractivity contribution in [2.24, 2.45) is 5.92 Å². The van der Waals surface area contributed by atoms with Crippen LogP contribution in [0.3, 0.4) is 0 Å². The molecule has 0 bridgehead atoms. The van der Waals surface area contributed by atoms with Crippen LogP contribution in [0.15, 0.2) is 18.2 Å². The third-order valence-corrected chi connectivity index (χ3v) is 7.51. The minimum absolute atomic E-state index is 0. The van der Waals surface area contributed by atoms with Gasteiger partial charge in [0.05, 0.1) is 23.8 Å². The summed E-state index contributed by atoms with van der Waals surface area (Å²) in [6.07, 6.45) is 2.29. The second-order valence-corrected chi connectivity index (χ2v) is 9.88.